The summed E-state index contributed by atoms with van der Waals surface area (Å²) in [5.41, 5.74) is 1.51. The lowest BCUT2D eigenvalue weighted by molar-refractivity contribution is 0.141. The van der Waals surface area contributed by atoms with Crippen LogP contribution in [0.3, 0.4) is 0 Å². The van der Waals surface area contributed by atoms with Gasteiger partial charge < -0.3 is 20.3 Å². The number of hydrogen-bond donors (Lipinski definition) is 2. The number of likely N-dealkylation sites (N-methyl/N-ethyl adjacent to an activating group) is 1. The average Bonchev–Trinajstić information content (AvgIpc) is 3.27. The number of nitrogens with one attached hydrogen (secondary N) is 2. The van der Waals surface area contributed by atoms with E-state index in [-0.39, 0.29) is 30.0 Å². The summed E-state index contributed by atoms with van der Waals surface area (Å²) in [6.07, 6.45) is 10.3. The van der Waals surface area contributed by atoms with Crippen LogP contribution in [-0.4, -0.2) is 68.1 Å². The summed E-state index contributed by atoms with van der Waals surface area (Å²) in [7, 11) is 7.94. The summed E-state index contributed by atoms with van der Waals surface area (Å²) in [6.45, 7) is 5.44. The van der Waals surface area contributed by atoms with Crippen LogP contribution in [-0.2, 0) is 11.8 Å². The molecule has 162 valence electrons. The first-order valence-electron chi connectivity index (χ1n) is 10.2. The third-order valence-electron chi connectivity index (χ3n) is 5.61. The molecule has 1 aromatic rings. The van der Waals surface area contributed by atoms with Gasteiger partial charge in [-0.15, -0.1) is 24.0 Å². The van der Waals surface area contributed by atoms with Crippen molar-refractivity contribution in [3.8, 4) is 0 Å². The molecule has 1 fully saturated rings. The second kappa shape index (κ2) is 12.6. The highest BCUT2D eigenvalue weighted by molar-refractivity contribution is 14.0. The number of hydrogen-bond acceptors (Lipinski definition) is 4. The highest BCUT2D eigenvalue weighted by Crippen LogP contribution is 2.41. The van der Waals surface area contributed by atoms with Crippen molar-refractivity contribution < 1.29 is 4.74 Å². The van der Waals surface area contributed by atoms with Crippen LogP contribution in [0, 0.1) is 5.41 Å². The van der Waals surface area contributed by atoms with E-state index in [9.17, 15) is 0 Å². The smallest absolute Gasteiger partial charge is 0.191 e. The van der Waals surface area contributed by atoms with E-state index in [1.165, 1.54) is 31.2 Å². The maximum Gasteiger partial charge on any atom is 0.191 e. The third kappa shape index (κ3) is 7.51. The van der Waals surface area contributed by atoms with Crippen molar-refractivity contribution in [1.29, 1.82) is 0 Å². The molecule has 8 heteroatoms. The lowest BCUT2D eigenvalue weighted by Crippen LogP contribution is -2.42. The molecule has 2 rings (SSSR count). The van der Waals surface area contributed by atoms with Crippen LogP contribution in [0.1, 0.15) is 50.6 Å². The molecule has 0 bridgehead atoms. The van der Waals surface area contributed by atoms with Gasteiger partial charge in [0.05, 0.1) is 12.2 Å². The molecule has 0 aromatic carbocycles. The monoisotopic (exact) mass is 506 g/mol. The maximum absolute atomic E-state index is 5.35. The number of guanidine groups is 1. The van der Waals surface area contributed by atoms with E-state index in [0.717, 1.165) is 38.6 Å². The Morgan fingerprint density at radius 2 is 2.07 bits per heavy atom. The van der Waals surface area contributed by atoms with Crippen LogP contribution in [0.4, 0.5) is 0 Å². The minimum atomic E-state index is 0. The van der Waals surface area contributed by atoms with E-state index >= 15 is 0 Å². The highest BCUT2D eigenvalue weighted by atomic mass is 127. The van der Waals surface area contributed by atoms with Gasteiger partial charge in [0.15, 0.2) is 5.96 Å². The number of rotatable bonds is 10. The number of ether oxygens (including phenoxy) is 1. The average molecular weight is 506 g/mol. The van der Waals surface area contributed by atoms with Gasteiger partial charge in [0.1, 0.15) is 0 Å². The predicted molar refractivity (Wildman–Crippen MR) is 126 cm³/mol. The van der Waals surface area contributed by atoms with Crippen molar-refractivity contribution in [2.24, 2.45) is 17.5 Å². The van der Waals surface area contributed by atoms with Crippen LogP contribution in [0.5, 0.6) is 0 Å². The van der Waals surface area contributed by atoms with Crippen molar-refractivity contribution >= 4 is 29.9 Å². The summed E-state index contributed by atoms with van der Waals surface area (Å²) in [4.78, 5) is 7.16. The number of aromatic nitrogens is 2. The molecule has 7 nitrogen and oxygen atoms in total. The Morgan fingerprint density at radius 1 is 1.36 bits per heavy atom. The zero-order valence-corrected chi connectivity index (χ0v) is 20.5. The van der Waals surface area contributed by atoms with Crippen LogP contribution in [0.15, 0.2) is 17.4 Å². The number of nitrogens with zero attached hydrogens (tertiary/aromatic N) is 4. The minimum absolute atomic E-state index is 0. The van der Waals surface area contributed by atoms with E-state index in [1.807, 2.05) is 17.9 Å². The molecule has 0 aliphatic heterocycles. The molecule has 1 heterocycles. The Hall–Kier alpha value is -0.870. The van der Waals surface area contributed by atoms with E-state index in [2.05, 4.69) is 47.8 Å². The van der Waals surface area contributed by atoms with Crippen LogP contribution >= 0.6 is 24.0 Å². The lowest BCUT2D eigenvalue weighted by Gasteiger charge is -2.28. The van der Waals surface area contributed by atoms with E-state index in [1.54, 1.807) is 7.11 Å². The largest absolute Gasteiger partial charge is 0.385 e. The Labute approximate surface area is 187 Å². The maximum atomic E-state index is 5.35. The lowest BCUT2D eigenvalue weighted by atomic mass is 9.83. The topological polar surface area (TPSA) is 66.7 Å². The van der Waals surface area contributed by atoms with Crippen molar-refractivity contribution in [3.63, 3.8) is 0 Å². The summed E-state index contributed by atoms with van der Waals surface area (Å²) in [5.74, 6) is 0.900. The van der Waals surface area contributed by atoms with Gasteiger partial charge in [-0.05, 0) is 45.7 Å². The quantitative estimate of drug-likeness (QED) is 0.290. The SMILES string of the molecule is CCNC(=NCC1(CCOC)CCCC1)NCC(c1cnn(C)c1)N(C)C.I. The fourth-order valence-corrected chi connectivity index (χ4v) is 3.92. The van der Waals surface area contributed by atoms with Crippen LogP contribution in [0.25, 0.3) is 0 Å². The Bertz CT molecular complexity index is 583. The van der Waals surface area contributed by atoms with Gasteiger partial charge >= 0.3 is 0 Å². The Morgan fingerprint density at radius 3 is 2.61 bits per heavy atom. The molecule has 1 aliphatic rings. The van der Waals surface area contributed by atoms with Gasteiger partial charge in [-0.3, -0.25) is 9.67 Å². The van der Waals surface area contributed by atoms with E-state index in [4.69, 9.17) is 9.73 Å². The second-order valence-electron chi connectivity index (χ2n) is 7.95. The molecule has 0 amide bonds. The number of aryl methyl sites for hydroxylation is 1. The zero-order chi connectivity index (χ0) is 19.7. The van der Waals surface area contributed by atoms with Gasteiger partial charge in [0, 0.05) is 52.2 Å². The van der Waals surface area contributed by atoms with Crippen LogP contribution in [0.2, 0.25) is 0 Å². The molecular formula is C20H39IN6O. The first kappa shape index (κ1) is 25.2. The van der Waals surface area contributed by atoms with Gasteiger partial charge in [-0.25, -0.2) is 0 Å². The summed E-state index contributed by atoms with van der Waals surface area (Å²) < 4.78 is 7.20. The number of aliphatic imine (C=N–C) groups is 1. The van der Waals surface area contributed by atoms with Gasteiger partial charge in [-0.1, -0.05) is 12.8 Å². The molecule has 0 spiro atoms. The van der Waals surface area contributed by atoms with Crippen molar-refractivity contribution in [3.05, 3.63) is 18.0 Å². The zero-order valence-electron chi connectivity index (χ0n) is 18.2. The highest BCUT2D eigenvalue weighted by Gasteiger charge is 2.33. The third-order valence-corrected chi connectivity index (χ3v) is 5.61. The summed E-state index contributed by atoms with van der Waals surface area (Å²) in [5, 5.41) is 11.2. The van der Waals surface area contributed by atoms with Crippen LogP contribution < -0.4 is 10.6 Å². The molecule has 1 unspecified atom stereocenters. The summed E-state index contributed by atoms with van der Waals surface area (Å²) in [6, 6.07) is 0.247. The molecule has 1 aromatic heterocycles. The van der Waals surface area contributed by atoms with Crippen molar-refractivity contribution in [2.45, 2.75) is 45.1 Å². The first-order chi connectivity index (χ1) is 13.0. The predicted octanol–water partition coefficient (Wildman–Crippen LogP) is 2.79. The molecule has 1 atom stereocenters. The van der Waals surface area contributed by atoms with Gasteiger partial charge in [0.2, 0.25) is 0 Å². The minimum Gasteiger partial charge on any atom is -0.385 e. The van der Waals surface area contributed by atoms with E-state index < -0.39 is 0 Å². The number of methoxy groups -OCH3 is 1. The first-order valence-corrected chi connectivity index (χ1v) is 10.2. The second-order valence-corrected chi connectivity index (χ2v) is 7.95. The standard InChI is InChI=1S/C20H38N6O.HI/c1-6-21-19(23-16-20(11-12-27-5)9-7-8-10-20)22-14-18(25(2)3)17-13-24-26(4)15-17;/h13,15,18H,6-12,14,16H2,1-5H3,(H2,21,22,23);1H. The molecule has 28 heavy (non-hydrogen) atoms. The fraction of sp³-hybridized carbons (Fsp3) is 0.800. The summed E-state index contributed by atoms with van der Waals surface area (Å²) >= 11 is 0. The Kier molecular flexibility index (Phi) is 11.4. The number of halogens is 1. The van der Waals surface area contributed by atoms with Gasteiger partial charge in [0.25, 0.3) is 0 Å². The molecule has 1 aliphatic carbocycles. The van der Waals surface area contributed by atoms with Crippen molar-refractivity contribution in [2.75, 3.05) is 47.4 Å². The molecule has 0 radical (unpaired) electrons. The fourth-order valence-electron chi connectivity index (χ4n) is 3.92. The molecular weight excluding hydrogens is 467 g/mol. The normalized spacial score (nSPS) is 17.4. The Balaban J connectivity index is 0.00000392. The van der Waals surface area contributed by atoms with E-state index in [0.29, 0.717) is 5.41 Å². The molecule has 2 N–H and O–H groups in total. The molecule has 0 saturated heterocycles. The van der Waals surface area contributed by atoms with Gasteiger partial charge in [-0.2, -0.15) is 5.10 Å². The molecule has 1 saturated carbocycles. The van der Waals surface area contributed by atoms with Crippen molar-refractivity contribution in [1.82, 2.24) is 25.3 Å².